The molecule has 0 spiro atoms. The highest BCUT2D eigenvalue weighted by Crippen LogP contribution is 2.29. The van der Waals surface area contributed by atoms with Gasteiger partial charge >= 0.3 is 0 Å². The molecule has 1 aromatic heterocycles. The highest BCUT2D eigenvalue weighted by molar-refractivity contribution is 5.76. The van der Waals surface area contributed by atoms with Gasteiger partial charge in [0.1, 0.15) is 6.54 Å². The Morgan fingerprint density at radius 1 is 1.12 bits per heavy atom. The molecule has 0 bridgehead atoms. The third kappa shape index (κ3) is 3.42. The second kappa shape index (κ2) is 6.84. The summed E-state index contributed by atoms with van der Waals surface area (Å²) in [5.74, 6) is 0.426. The van der Waals surface area contributed by atoms with Gasteiger partial charge in [-0.15, -0.1) is 10.2 Å². The number of amides is 1. The van der Waals surface area contributed by atoms with Gasteiger partial charge in [0.05, 0.1) is 6.04 Å². The quantitative estimate of drug-likeness (QED) is 0.796. The van der Waals surface area contributed by atoms with Gasteiger partial charge in [-0.25, -0.2) is 0 Å². The van der Waals surface area contributed by atoms with Gasteiger partial charge in [-0.1, -0.05) is 54.6 Å². The molecule has 6 nitrogen and oxygen atoms in total. The van der Waals surface area contributed by atoms with E-state index in [2.05, 4.69) is 32.9 Å². The van der Waals surface area contributed by atoms with Gasteiger partial charge in [0, 0.05) is 5.56 Å². The van der Waals surface area contributed by atoms with Crippen molar-refractivity contribution in [1.82, 2.24) is 25.5 Å². The number of carbonyl (C=O) groups is 1. The summed E-state index contributed by atoms with van der Waals surface area (Å²) in [6.07, 6.45) is 3.12. The Balaban J connectivity index is 1.43. The minimum Gasteiger partial charge on any atom is -0.348 e. The van der Waals surface area contributed by atoms with E-state index in [0.29, 0.717) is 5.82 Å². The normalized spacial score (nSPS) is 16.2. The van der Waals surface area contributed by atoms with E-state index in [-0.39, 0.29) is 18.5 Å². The predicted octanol–water partition coefficient (Wildman–Crippen LogP) is 2.53. The first-order valence-electron chi connectivity index (χ1n) is 8.50. The molecule has 0 saturated heterocycles. The van der Waals surface area contributed by atoms with Crippen LogP contribution in [0.3, 0.4) is 0 Å². The molecule has 0 unspecified atom stereocenters. The lowest BCUT2D eigenvalue weighted by Crippen LogP contribution is -2.34. The number of nitrogens with one attached hydrogen (secondary N) is 1. The summed E-state index contributed by atoms with van der Waals surface area (Å²) in [5, 5.41) is 15.4. The second-order valence-electron chi connectivity index (χ2n) is 6.22. The van der Waals surface area contributed by atoms with Gasteiger partial charge in [-0.05, 0) is 35.6 Å². The lowest BCUT2D eigenvalue weighted by Gasteiger charge is -2.26. The Hall–Kier alpha value is -3.02. The maximum atomic E-state index is 12.4. The van der Waals surface area contributed by atoms with Gasteiger partial charge in [-0.2, -0.15) is 4.80 Å². The molecule has 2 aromatic carbocycles. The topological polar surface area (TPSA) is 72.7 Å². The molecule has 126 valence electrons. The van der Waals surface area contributed by atoms with Crippen LogP contribution in [-0.2, 0) is 17.8 Å². The van der Waals surface area contributed by atoms with E-state index in [1.807, 2.05) is 42.5 Å². The van der Waals surface area contributed by atoms with Crippen molar-refractivity contribution >= 4 is 5.91 Å². The molecule has 0 aliphatic heterocycles. The van der Waals surface area contributed by atoms with Crippen molar-refractivity contribution in [3.05, 3.63) is 65.7 Å². The third-order valence-electron chi connectivity index (χ3n) is 4.47. The van der Waals surface area contributed by atoms with E-state index in [1.54, 1.807) is 0 Å². The smallest absolute Gasteiger partial charge is 0.244 e. The van der Waals surface area contributed by atoms with Gasteiger partial charge in [0.25, 0.3) is 0 Å². The van der Waals surface area contributed by atoms with Gasteiger partial charge in [0.15, 0.2) is 0 Å². The average molecular weight is 333 g/mol. The average Bonchev–Trinajstić information content (AvgIpc) is 3.11. The molecule has 0 radical (unpaired) electrons. The van der Waals surface area contributed by atoms with Crippen LogP contribution in [0.2, 0.25) is 0 Å². The first-order chi connectivity index (χ1) is 12.3. The van der Waals surface area contributed by atoms with E-state index in [0.717, 1.165) is 24.8 Å². The molecule has 1 amide bonds. The molecular weight excluding hydrogens is 314 g/mol. The molecule has 1 aliphatic carbocycles. The number of fused-ring (bicyclic) bond motifs is 1. The lowest BCUT2D eigenvalue weighted by molar-refractivity contribution is -0.122. The van der Waals surface area contributed by atoms with E-state index in [9.17, 15) is 4.79 Å². The standard InChI is InChI=1S/C19H19N5O/c25-18(20-17-12-6-10-14-7-4-5-11-16(14)17)13-24-22-19(21-23-24)15-8-2-1-3-9-15/h1-5,7-9,11,17H,6,10,12-13H2,(H,20,25)/t17-/m1/s1. The molecule has 6 heteroatoms. The van der Waals surface area contributed by atoms with Gasteiger partial charge in [0.2, 0.25) is 11.7 Å². The highest BCUT2D eigenvalue weighted by Gasteiger charge is 2.21. The van der Waals surface area contributed by atoms with Crippen LogP contribution in [0.5, 0.6) is 0 Å². The molecule has 1 aliphatic rings. The summed E-state index contributed by atoms with van der Waals surface area (Å²) in [7, 11) is 0. The molecular formula is C19H19N5O. The van der Waals surface area contributed by atoms with Crippen molar-refractivity contribution in [2.45, 2.75) is 31.8 Å². The van der Waals surface area contributed by atoms with Crippen LogP contribution in [0.25, 0.3) is 11.4 Å². The fourth-order valence-corrected chi connectivity index (χ4v) is 3.29. The number of nitrogens with zero attached hydrogens (tertiary/aromatic N) is 4. The maximum Gasteiger partial charge on any atom is 0.244 e. The van der Waals surface area contributed by atoms with Crippen molar-refractivity contribution in [3.8, 4) is 11.4 Å². The number of hydrogen-bond donors (Lipinski definition) is 1. The van der Waals surface area contributed by atoms with Crippen molar-refractivity contribution in [3.63, 3.8) is 0 Å². The fraction of sp³-hybridized carbons (Fsp3) is 0.263. The minimum atomic E-state index is -0.0984. The Morgan fingerprint density at radius 3 is 2.80 bits per heavy atom. The van der Waals surface area contributed by atoms with Crippen LogP contribution in [0.4, 0.5) is 0 Å². The molecule has 1 N–H and O–H groups in total. The molecule has 4 rings (SSSR count). The van der Waals surface area contributed by atoms with Crippen LogP contribution < -0.4 is 5.32 Å². The molecule has 0 fully saturated rings. The number of benzene rings is 2. The fourth-order valence-electron chi connectivity index (χ4n) is 3.29. The third-order valence-corrected chi connectivity index (χ3v) is 4.47. The van der Waals surface area contributed by atoms with Crippen LogP contribution in [0, 0.1) is 0 Å². The molecule has 0 saturated carbocycles. The number of carbonyl (C=O) groups excluding carboxylic acids is 1. The highest BCUT2D eigenvalue weighted by atomic mass is 16.2. The number of tetrazole rings is 1. The summed E-state index contributed by atoms with van der Waals surface area (Å²) in [6.45, 7) is 0.0680. The minimum absolute atomic E-state index is 0.0644. The van der Waals surface area contributed by atoms with Crippen molar-refractivity contribution in [2.24, 2.45) is 0 Å². The largest absolute Gasteiger partial charge is 0.348 e. The van der Waals surface area contributed by atoms with Crippen molar-refractivity contribution < 1.29 is 4.79 Å². The lowest BCUT2D eigenvalue weighted by atomic mass is 9.88. The first kappa shape index (κ1) is 15.5. The molecule has 25 heavy (non-hydrogen) atoms. The zero-order chi connectivity index (χ0) is 17.1. The number of hydrogen-bond acceptors (Lipinski definition) is 4. The first-order valence-corrected chi connectivity index (χ1v) is 8.50. The van der Waals surface area contributed by atoms with Crippen molar-refractivity contribution in [1.29, 1.82) is 0 Å². The Bertz CT molecular complexity index is 874. The summed E-state index contributed by atoms with van der Waals surface area (Å²) in [5.41, 5.74) is 3.43. The van der Waals surface area contributed by atoms with E-state index in [4.69, 9.17) is 0 Å². The number of aromatic nitrogens is 4. The van der Waals surface area contributed by atoms with E-state index in [1.165, 1.54) is 15.9 Å². The summed E-state index contributed by atoms with van der Waals surface area (Å²) in [4.78, 5) is 13.7. The summed E-state index contributed by atoms with van der Waals surface area (Å²) >= 11 is 0. The van der Waals surface area contributed by atoms with Crippen LogP contribution in [0.1, 0.15) is 30.0 Å². The predicted molar refractivity (Wildman–Crippen MR) is 93.5 cm³/mol. The van der Waals surface area contributed by atoms with E-state index >= 15 is 0 Å². The number of rotatable bonds is 4. The maximum absolute atomic E-state index is 12.4. The summed E-state index contributed by atoms with van der Waals surface area (Å²) in [6, 6.07) is 18.0. The Labute approximate surface area is 145 Å². The Morgan fingerprint density at radius 2 is 1.92 bits per heavy atom. The van der Waals surface area contributed by atoms with Crippen LogP contribution in [0.15, 0.2) is 54.6 Å². The second-order valence-corrected chi connectivity index (χ2v) is 6.22. The monoisotopic (exact) mass is 333 g/mol. The number of aryl methyl sites for hydroxylation is 1. The van der Waals surface area contributed by atoms with Gasteiger partial charge < -0.3 is 5.32 Å². The Kier molecular flexibility index (Phi) is 4.24. The molecule has 1 atom stereocenters. The van der Waals surface area contributed by atoms with Crippen LogP contribution in [-0.4, -0.2) is 26.1 Å². The van der Waals surface area contributed by atoms with Crippen molar-refractivity contribution in [2.75, 3.05) is 0 Å². The van der Waals surface area contributed by atoms with Crippen LogP contribution >= 0.6 is 0 Å². The summed E-state index contributed by atoms with van der Waals surface area (Å²) < 4.78 is 0. The van der Waals surface area contributed by atoms with E-state index < -0.39 is 0 Å². The molecule has 3 aromatic rings. The zero-order valence-corrected chi connectivity index (χ0v) is 13.8. The molecule has 1 heterocycles. The SMILES string of the molecule is O=C(Cn1nnc(-c2ccccc2)n1)N[C@@H]1CCCc2ccccc21. The van der Waals surface area contributed by atoms with Gasteiger partial charge in [-0.3, -0.25) is 4.79 Å². The zero-order valence-electron chi connectivity index (χ0n) is 13.8.